The number of hydrogen-bond donors (Lipinski definition) is 0. The highest BCUT2D eigenvalue weighted by atomic mass is 32.1. The number of benzene rings is 7. The first-order chi connectivity index (χ1) is 31.7. The summed E-state index contributed by atoms with van der Waals surface area (Å²) in [4.78, 5) is 5.28. The van der Waals surface area contributed by atoms with Crippen LogP contribution in [-0.4, -0.2) is 11.3 Å². The van der Waals surface area contributed by atoms with E-state index in [0.29, 0.717) is 0 Å². The van der Waals surface area contributed by atoms with Gasteiger partial charge in [0.15, 0.2) is 0 Å². The van der Waals surface area contributed by atoms with Crippen LogP contribution in [0, 0.1) is 6.92 Å². The summed E-state index contributed by atoms with van der Waals surface area (Å²) >= 11 is 1.88. The lowest BCUT2D eigenvalue weighted by Gasteiger charge is -2.46. The lowest BCUT2D eigenvalue weighted by molar-refractivity contribution is 0.589. The van der Waals surface area contributed by atoms with Crippen LogP contribution in [0.25, 0.3) is 58.6 Å². The number of hydrogen-bond acceptors (Lipinski definition) is 4. The van der Waals surface area contributed by atoms with Crippen LogP contribution < -0.4 is 26.4 Å². The van der Waals surface area contributed by atoms with Crippen LogP contribution in [0.1, 0.15) is 111 Å². The van der Waals surface area contributed by atoms with Gasteiger partial charge in [-0.15, -0.1) is 11.3 Å². The highest BCUT2D eigenvalue weighted by molar-refractivity contribution is 7.26. The lowest BCUT2D eigenvalue weighted by Crippen LogP contribution is -2.61. The summed E-state index contributed by atoms with van der Waals surface area (Å²) in [5, 5.41) is 6.36. The molecule has 13 rings (SSSR count). The minimum atomic E-state index is -0.162. The second kappa shape index (κ2) is 13.0. The van der Waals surface area contributed by atoms with Crippen molar-refractivity contribution in [2.24, 2.45) is 0 Å². The standard InChI is InChI=1S/C61H58BN3OS/c1-33-25-45-53-46(26-33)65-47-31-36(60(8,9)10)29-40-39-27-34(58(2,3)4)21-23-43(39)63(54(40)47)48-32-37(61(11,12)13)30-42(56(48)65)62(53)57-55(41-28-35(59(5,6)7)22-24-49(41)66-57)64(45)44-18-16-20-51-52(44)38-17-14-15-19-50(38)67-51/h14-32H,1-13H3. The topological polar surface area (TPSA) is 24.6 Å². The van der Waals surface area contributed by atoms with E-state index >= 15 is 0 Å². The Bertz CT molecular complexity index is 3830. The van der Waals surface area contributed by atoms with Gasteiger partial charge in [-0.25, -0.2) is 0 Å². The predicted molar refractivity (Wildman–Crippen MR) is 291 cm³/mol. The van der Waals surface area contributed by atoms with Crippen molar-refractivity contribution >= 4 is 122 Å². The minimum Gasteiger partial charge on any atom is -0.468 e. The molecule has 0 unspecified atom stereocenters. The third-order valence-electron chi connectivity index (χ3n) is 15.3. The Labute approximate surface area is 398 Å². The average Bonchev–Trinajstić information content (AvgIpc) is 3.94. The van der Waals surface area contributed by atoms with Crippen LogP contribution in [0.2, 0.25) is 0 Å². The van der Waals surface area contributed by atoms with Crippen molar-refractivity contribution in [3.63, 3.8) is 0 Å². The third-order valence-corrected chi connectivity index (χ3v) is 16.4. The number of fused-ring (bicyclic) bond motifs is 14. The van der Waals surface area contributed by atoms with E-state index in [1.54, 1.807) is 0 Å². The molecule has 3 aliphatic rings. The largest absolute Gasteiger partial charge is 0.468 e. The normalized spacial score (nSPS) is 14.6. The number of nitrogens with zero attached hydrogens (tertiary/aromatic N) is 3. The van der Waals surface area contributed by atoms with Crippen LogP contribution in [-0.2, 0) is 21.7 Å². The molecule has 4 nitrogen and oxygen atoms in total. The predicted octanol–water partition coefficient (Wildman–Crippen LogP) is 15.8. The van der Waals surface area contributed by atoms with Gasteiger partial charge >= 0.3 is 0 Å². The van der Waals surface area contributed by atoms with E-state index in [-0.39, 0.29) is 28.4 Å². The van der Waals surface area contributed by atoms with Gasteiger partial charge in [0.25, 0.3) is 6.71 Å². The van der Waals surface area contributed by atoms with Gasteiger partial charge in [-0.1, -0.05) is 126 Å². The minimum absolute atomic E-state index is 0.00544. The fourth-order valence-electron chi connectivity index (χ4n) is 11.7. The van der Waals surface area contributed by atoms with Gasteiger partial charge in [-0.2, -0.15) is 0 Å². The molecule has 10 aromatic rings. The molecule has 0 radical (unpaired) electrons. The molecule has 3 aliphatic heterocycles. The summed E-state index contributed by atoms with van der Waals surface area (Å²) in [6.45, 7) is 30.3. The van der Waals surface area contributed by atoms with Gasteiger partial charge in [-0.3, -0.25) is 0 Å². The lowest BCUT2D eigenvalue weighted by atomic mass is 9.35. The number of anilines is 6. The summed E-state index contributed by atoms with van der Waals surface area (Å²) < 4.78 is 12.7. The molecule has 0 fully saturated rings. The summed E-state index contributed by atoms with van der Waals surface area (Å²) in [7, 11) is 0. The molecule has 0 amide bonds. The molecule has 6 heteroatoms. The third kappa shape index (κ3) is 5.60. The number of thiophene rings is 1. The second-order valence-electron chi connectivity index (χ2n) is 24.0. The van der Waals surface area contributed by atoms with Crippen molar-refractivity contribution in [2.75, 3.05) is 9.80 Å². The zero-order valence-electron chi connectivity index (χ0n) is 41.2. The van der Waals surface area contributed by atoms with Crippen molar-refractivity contribution in [3.05, 3.63) is 143 Å². The van der Waals surface area contributed by atoms with Gasteiger partial charge in [0.1, 0.15) is 5.58 Å². The van der Waals surface area contributed by atoms with Crippen molar-refractivity contribution in [1.82, 2.24) is 4.57 Å². The summed E-state index contributed by atoms with van der Waals surface area (Å²) in [5.41, 5.74) is 21.8. The smallest absolute Gasteiger partial charge is 0.297 e. The Balaban J connectivity index is 1.23. The molecular weight excluding hydrogens is 834 g/mol. The SMILES string of the molecule is Cc1cc2c3c(c1)N1c4c(cc(C(C)(C)C)cc4-n4c5ccc(C(C)(C)C)cc5c5cc(C(C)(C)C)cc1c54)B3c1oc3ccc(C(C)(C)C)cc3c1N2c1cccc2sc3ccccc3c12. The van der Waals surface area contributed by atoms with Crippen molar-refractivity contribution in [2.45, 2.75) is 112 Å². The molecule has 67 heavy (non-hydrogen) atoms. The maximum atomic E-state index is 7.51. The van der Waals surface area contributed by atoms with Gasteiger partial charge < -0.3 is 18.8 Å². The first-order valence-electron chi connectivity index (χ1n) is 24.2. The van der Waals surface area contributed by atoms with Crippen molar-refractivity contribution < 1.29 is 4.42 Å². The number of aryl methyl sites for hydroxylation is 1. The second-order valence-corrected chi connectivity index (χ2v) is 25.1. The summed E-state index contributed by atoms with van der Waals surface area (Å²) in [6, 6.07) is 45.0. The molecule has 332 valence electrons. The molecule has 0 atom stereocenters. The Morgan fingerprint density at radius 2 is 1.07 bits per heavy atom. The number of aromatic nitrogens is 1. The number of rotatable bonds is 1. The van der Waals surface area contributed by atoms with Crippen LogP contribution in [0.4, 0.5) is 34.1 Å². The molecule has 0 N–H and O–H groups in total. The fraction of sp³-hybridized carbons (Fsp3) is 0.279. The van der Waals surface area contributed by atoms with Crippen LogP contribution >= 0.6 is 11.3 Å². The molecular formula is C61H58BN3OS. The van der Waals surface area contributed by atoms with Crippen LogP contribution in [0.5, 0.6) is 0 Å². The molecule has 6 heterocycles. The van der Waals surface area contributed by atoms with Crippen LogP contribution in [0.3, 0.4) is 0 Å². The molecule has 7 aromatic carbocycles. The Hall–Kier alpha value is -6.24. The van der Waals surface area contributed by atoms with Crippen molar-refractivity contribution in [1.29, 1.82) is 0 Å². The molecule has 3 aromatic heterocycles. The fourth-order valence-corrected chi connectivity index (χ4v) is 12.8. The van der Waals surface area contributed by atoms with Gasteiger partial charge in [0.05, 0.1) is 45.1 Å². The van der Waals surface area contributed by atoms with E-state index in [9.17, 15) is 0 Å². The number of furan rings is 1. The van der Waals surface area contributed by atoms with Crippen LogP contribution in [0.15, 0.2) is 120 Å². The summed E-state index contributed by atoms with van der Waals surface area (Å²) in [5.74, 6) is 0. The average molecular weight is 892 g/mol. The first-order valence-corrected chi connectivity index (χ1v) is 25.0. The Morgan fingerprint density at radius 3 is 1.78 bits per heavy atom. The highest BCUT2D eigenvalue weighted by Crippen LogP contribution is 2.56. The zero-order valence-corrected chi connectivity index (χ0v) is 42.0. The maximum absolute atomic E-state index is 7.51. The van der Waals surface area contributed by atoms with E-state index in [0.717, 1.165) is 22.3 Å². The first kappa shape index (κ1) is 41.0. The molecule has 0 saturated carbocycles. The van der Waals surface area contributed by atoms with E-state index in [2.05, 4.69) is 220 Å². The molecule has 0 saturated heterocycles. The van der Waals surface area contributed by atoms with Gasteiger partial charge in [0.2, 0.25) is 0 Å². The van der Waals surface area contributed by atoms with E-state index in [1.807, 2.05) is 11.3 Å². The quantitative estimate of drug-likeness (QED) is 0.154. The van der Waals surface area contributed by atoms with Gasteiger partial charge in [0, 0.05) is 47.7 Å². The zero-order chi connectivity index (χ0) is 46.6. The highest BCUT2D eigenvalue weighted by Gasteiger charge is 2.50. The van der Waals surface area contributed by atoms with Gasteiger partial charge in [-0.05, 0) is 140 Å². The van der Waals surface area contributed by atoms with Crippen molar-refractivity contribution in [3.8, 4) is 5.69 Å². The molecule has 0 aliphatic carbocycles. The molecule has 0 spiro atoms. The summed E-state index contributed by atoms with van der Waals surface area (Å²) in [6.07, 6.45) is 0. The maximum Gasteiger partial charge on any atom is 0.297 e. The van der Waals surface area contributed by atoms with E-state index < -0.39 is 0 Å². The van der Waals surface area contributed by atoms with E-state index in [4.69, 9.17) is 4.42 Å². The molecule has 0 bridgehead atoms. The van der Waals surface area contributed by atoms with E-state index in [1.165, 1.54) is 115 Å². The Kier molecular flexibility index (Phi) is 7.98. The monoisotopic (exact) mass is 891 g/mol. The Morgan fingerprint density at radius 1 is 0.478 bits per heavy atom.